The summed E-state index contributed by atoms with van der Waals surface area (Å²) in [5.74, 6) is 0.444. The minimum absolute atomic E-state index is 0.0647. The lowest BCUT2D eigenvalue weighted by molar-refractivity contribution is 0.152. The van der Waals surface area contributed by atoms with Crippen LogP contribution in [0.15, 0.2) is 36.5 Å². The largest absolute Gasteiger partial charge is 0.465 e. The second kappa shape index (κ2) is 6.41. The van der Waals surface area contributed by atoms with E-state index < -0.39 is 18.3 Å². The molecule has 10 heteroatoms. The molecule has 1 fully saturated rings. The van der Waals surface area contributed by atoms with E-state index in [9.17, 15) is 9.18 Å². The first kappa shape index (κ1) is 16.5. The van der Waals surface area contributed by atoms with Crippen LogP contribution in [0.2, 0.25) is 5.15 Å². The predicted molar refractivity (Wildman–Crippen MR) is 93.1 cm³/mol. The number of anilines is 1. The molecule has 0 radical (unpaired) electrons. The molecule has 134 valence electrons. The maximum absolute atomic E-state index is 14.1. The van der Waals surface area contributed by atoms with Crippen molar-refractivity contribution in [1.29, 1.82) is 0 Å². The minimum Gasteiger partial charge on any atom is -0.465 e. The third kappa shape index (κ3) is 3.01. The van der Waals surface area contributed by atoms with Gasteiger partial charge in [0.2, 0.25) is 0 Å². The van der Waals surface area contributed by atoms with Gasteiger partial charge in [-0.05, 0) is 24.3 Å². The van der Waals surface area contributed by atoms with Gasteiger partial charge in [-0.2, -0.15) is 5.10 Å². The van der Waals surface area contributed by atoms with Gasteiger partial charge in [-0.1, -0.05) is 17.7 Å². The van der Waals surface area contributed by atoms with Crippen molar-refractivity contribution < 1.29 is 14.3 Å². The van der Waals surface area contributed by atoms with Gasteiger partial charge >= 0.3 is 6.09 Å². The smallest absolute Gasteiger partial charge is 0.407 e. The van der Waals surface area contributed by atoms with Gasteiger partial charge < -0.3 is 15.3 Å². The number of nitrogens with one attached hydrogen (secondary N) is 1. The first-order valence-corrected chi connectivity index (χ1v) is 8.25. The van der Waals surface area contributed by atoms with E-state index in [2.05, 4.69) is 20.4 Å². The van der Waals surface area contributed by atoms with E-state index in [4.69, 9.17) is 16.7 Å². The van der Waals surface area contributed by atoms with E-state index in [1.807, 2.05) is 0 Å². The number of nitrogens with zero attached hydrogens (tertiary/aromatic N) is 5. The van der Waals surface area contributed by atoms with Crippen LogP contribution in [-0.4, -0.2) is 61.0 Å². The molecule has 1 aliphatic rings. The maximum Gasteiger partial charge on any atom is 0.407 e. The third-order valence-electron chi connectivity index (χ3n) is 4.19. The van der Waals surface area contributed by atoms with Gasteiger partial charge in [-0.15, -0.1) is 0 Å². The Morgan fingerprint density at radius 1 is 1.31 bits per heavy atom. The van der Waals surface area contributed by atoms with E-state index in [0.717, 1.165) is 4.90 Å². The summed E-state index contributed by atoms with van der Waals surface area (Å²) < 4.78 is 15.7. The predicted octanol–water partition coefficient (Wildman–Crippen LogP) is 2.56. The molecule has 0 unspecified atom stereocenters. The first-order chi connectivity index (χ1) is 12.5. The lowest BCUT2D eigenvalue weighted by Gasteiger charge is -2.15. The van der Waals surface area contributed by atoms with Gasteiger partial charge in [0.05, 0.1) is 24.5 Å². The normalized spacial score (nSPS) is 19.8. The number of alkyl halides is 1. The number of pyridine rings is 1. The number of halogens is 2. The molecule has 26 heavy (non-hydrogen) atoms. The van der Waals surface area contributed by atoms with Gasteiger partial charge in [0.25, 0.3) is 0 Å². The molecule has 1 amide bonds. The van der Waals surface area contributed by atoms with Crippen LogP contribution in [0.1, 0.15) is 0 Å². The van der Waals surface area contributed by atoms with Crippen molar-refractivity contribution in [2.24, 2.45) is 0 Å². The summed E-state index contributed by atoms with van der Waals surface area (Å²) in [7, 11) is 0. The second-order valence-corrected chi connectivity index (χ2v) is 6.32. The molecule has 2 N–H and O–H groups in total. The molecule has 0 bridgehead atoms. The molecule has 4 rings (SSSR count). The van der Waals surface area contributed by atoms with Gasteiger partial charge in [0.15, 0.2) is 5.65 Å². The molecule has 0 aromatic carbocycles. The van der Waals surface area contributed by atoms with Crippen LogP contribution >= 0.6 is 11.6 Å². The molecule has 3 aromatic rings. The molecular formula is C16H14ClFN6O2. The fourth-order valence-corrected chi connectivity index (χ4v) is 3.07. The summed E-state index contributed by atoms with van der Waals surface area (Å²) >= 11 is 5.95. The molecule has 0 aliphatic carbocycles. The number of amides is 1. The summed E-state index contributed by atoms with van der Waals surface area (Å²) in [6, 6.07) is 7.99. The fraction of sp³-hybridized carbons (Fsp3) is 0.250. The van der Waals surface area contributed by atoms with Crippen LogP contribution < -0.4 is 5.32 Å². The van der Waals surface area contributed by atoms with Crippen molar-refractivity contribution in [2.45, 2.75) is 12.2 Å². The topological polar surface area (TPSA) is 95.7 Å². The van der Waals surface area contributed by atoms with Crippen molar-refractivity contribution in [3.8, 4) is 11.4 Å². The van der Waals surface area contributed by atoms with Crippen molar-refractivity contribution in [3.05, 3.63) is 41.7 Å². The van der Waals surface area contributed by atoms with E-state index in [-0.39, 0.29) is 13.1 Å². The molecule has 4 heterocycles. The first-order valence-electron chi connectivity index (χ1n) is 7.87. The highest BCUT2D eigenvalue weighted by molar-refractivity contribution is 6.29. The summed E-state index contributed by atoms with van der Waals surface area (Å²) in [6.07, 6.45) is -0.801. The second-order valence-electron chi connectivity index (χ2n) is 5.93. The number of rotatable bonds is 3. The van der Waals surface area contributed by atoms with E-state index in [0.29, 0.717) is 28.0 Å². The number of aromatic nitrogens is 4. The van der Waals surface area contributed by atoms with Crippen LogP contribution in [0.3, 0.4) is 0 Å². The van der Waals surface area contributed by atoms with E-state index >= 15 is 0 Å². The van der Waals surface area contributed by atoms with Crippen molar-refractivity contribution >= 4 is 29.2 Å². The molecule has 1 saturated heterocycles. The van der Waals surface area contributed by atoms with Gasteiger partial charge in [-0.3, -0.25) is 0 Å². The number of likely N-dealkylation sites (tertiary alicyclic amines) is 1. The summed E-state index contributed by atoms with van der Waals surface area (Å²) in [5.41, 5.74) is 1.85. The monoisotopic (exact) mass is 376 g/mol. The number of hydrogen-bond donors (Lipinski definition) is 2. The zero-order chi connectivity index (χ0) is 18.3. The highest BCUT2D eigenvalue weighted by atomic mass is 35.5. The molecule has 0 spiro atoms. The minimum atomic E-state index is -1.30. The highest BCUT2D eigenvalue weighted by Gasteiger charge is 2.35. The van der Waals surface area contributed by atoms with Crippen molar-refractivity contribution in [3.63, 3.8) is 0 Å². The Morgan fingerprint density at radius 3 is 2.92 bits per heavy atom. The van der Waals surface area contributed by atoms with Crippen LogP contribution in [0.5, 0.6) is 0 Å². The fourth-order valence-electron chi connectivity index (χ4n) is 2.93. The number of imidazole rings is 1. The van der Waals surface area contributed by atoms with Gasteiger partial charge in [-0.25, -0.2) is 23.7 Å². The number of hydrogen-bond acceptors (Lipinski definition) is 5. The van der Waals surface area contributed by atoms with Crippen LogP contribution in [0, 0.1) is 0 Å². The van der Waals surface area contributed by atoms with Crippen molar-refractivity contribution in [1.82, 2.24) is 24.5 Å². The Hall–Kier alpha value is -2.94. The Balaban J connectivity index is 1.61. The summed E-state index contributed by atoms with van der Waals surface area (Å²) in [6.45, 7) is -0.0858. The Labute approximate surface area is 152 Å². The van der Waals surface area contributed by atoms with Crippen LogP contribution in [0.4, 0.5) is 15.0 Å². The molecular weight excluding hydrogens is 363 g/mol. The number of carboxylic acid groups (broad SMARTS) is 1. The Morgan fingerprint density at radius 2 is 2.15 bits per heavy atom. The zero-order valence-electron chi connectivity index (χ0n) is 13.4. The van der Waals surface area contributed by atoms with Gasteiger partial charge in [0, 0.05) is 6.54 Å². The average Bonchev–Trinajstić information content (AvgIpc) is 3.19. The third-order valence-corrected chi connectivity index (χ3v) is 4.40. The standard InChI is InChI=1S/C16H14ClFN6O2/c17-13-4-5-15-19-6-12(24(15)22-13)10-2-1-3-14(20-10)21-11-8-23(16(25)26)7-9(11)18/h1-6,9,11H,7-8H2,(H,20,21)(H,25,26)/t9-,11-/m0/s1. The molecule has 2 atom stereocenters. The highest BCUT2D eigenvalue weighted by Crippen LogP contribution is 2.23. The number of carbonyl (C=O) groups is 1. The molecule has 0 saturated carbocycles. The van der Waals surface area contributed by atoms with Crippen molar-refractivity contribution in [2.75, 3.05) is 18.4 Å². The lowest BCUT2D eigenvalue weighted by atomic mass is 10.2. The number of fused-ring (bicyclic) bond motifs is 1. The Kier molecular flexibility index (Phi) is 4.08. The average molecular weight is 377 g/mol. The molecule has 1 aliphatic heterocycles. The van der Waals surface area contributed by atoms with E-state index in [1.165, 1.54) is 0 Å². The quantitative estimate of drug-likeness (QED) is 0.729. The van der Waals surface area contributed by atoms with Crippen LogP contribution in [-0.2, 0) is 0 Å². The maximum atomic E-state index is 14.1. The Bertz CT molecular complexity index is 980. The van der Waals surface area contributed by atoms with Gasteiger partial charge in [0.1, 0.15) is 22.8 Å². The zero-order valence-corrected chi connectivity index (χ0v) is 14.1. The SMILES string of the molecule is O=C(O)N1C[C@H](Nc2cccc(-c3cnc4ccc(Cl)nn34)n2)[C@@H](F)C1. The lowest BCUT2D eigenvalue weighted by Crippen LogP contribution is -2.31. The molecule has 8 nitrogen and oxygen atoms in total. The molecule has 3 aromatic heterocycles. The summed E-state index contributed by atoms with van der Waals surface area (Å²) in [4.78, 5) is 20.8. The van der Waals surface area contributed by atoms with E-state index in [1.54, 1.807) is 41.0 Å². The van der Waals surface area contributed by atoms with Crippen LogP contribution in [0.25, 0.3) is 17.0 Å². The summed E-state index contributed by atoms with van der Waals surface area (Å²) in [5, 5.41) is 16.5.